The zero-order valence-electron chi connectivity index (χ0n) is 13.1. The summed E-state index contributed by atoms with van der Waals surface area (Å²) in [7, 11) is 0. The Labute approximate surface area is 138 Å². The van der Waals surface area contributed by atoms with E-state index >= 15 is 0 Å². The molecule has 0 saturated heterocycles. The van der Waals surface area contributed by atoms with Crippen LogP contribution >= 0.6 is 11.3 Å². The number of nitrogens with one attached hydrogen (secondary N) is 2. The SMILES string of the molecule is CC(=O)c1cc(CC(=O)N[C@H](C)c2ccc3[nH]ccc3c2)cs1. The molecule has 0 spiro atoms. The van der Waals surface area contributed by atoms with E-state index in [1.807, 2.05) is 36.7 Å². The maximum absolute atomic E-state index is 12.2. The number of aromatic nitrogens is 1. The van der Waals surface area contributed by atoms with Crippen molar-refractivity contribution < 1.29 is 9.59 Å². The lowest BCUT2D eigenvalue weighted by molar-refractivity contribution is -0.121. The Balaban J connectivity index is 1.65. The Hall–Kier alpha value is -2.40. The highest BCUT2D eigenvalue weighted by Crippen LogP contribution is 2.20. The van der Waals surface area contributed by atoms with Gasteiger partial charge in [-0.3, -0.25) is 9.59 Å². The highest BCUT2D eigenvalue weighted by atomic mass is 32.1. The van der Waals surface area contributed by atoms with E-state index in [1.54, 1.807) is 6.07 Å². The molecule has 1 amide bonds. The first-order valence-electron chi connectivity index (χ1n) is 7.47. The number of aromatic amines is 1. The molecule has 2 aromatic heterocycles. The fourth-order valence-corrected chi connectivity index (χ4v) is 3.37. The molecule has 1 atom stereocenters. The molecule has 2 N–H and O–H groups in total. The first-order chi connectivity index (χ1) is 11.0. The van der Waals surface area contributed by atoms with Crippen LogP contribution in [0, 0.1) is 0 Å². The maximum atomic E-state index is 12.2. The van der Waals surface area contributed by atoms with E-state index in [-0.39, 0.29) is 17.7 Å². The molecule has 2 heterocycles. The number of rotatable bonds is 5. The minimum absolute atomic E-state index is 0.0369. The molecule has 0 saturated carbocycles. The molecule has 118 valence electrons. The molecule has 0 unspecified atom stereocenters. The predicted molar refractivity (Wildman–Crippen MR) is 92.9 cm³/mol. The normalized spacial score (nSPS) is 12.3. The fourth-order valence-electron chi connectivity index (χ4n) is 2.56. The lowest BCUT2D eigenvalue weighted by atomic mass is 10.1. The summed E-state index contributed by atoms with van der Waals surface area (Å²) in [4.78, 5) is 27.3. The van der Waals surface area contributed by atoms with Crippen molar-refractivity contribution in [1.29, 1.82) is 0 Å². The second-order valence-corrected chi connectivity index (χ2v) is 6.58. The molecule has 0 aliphatic carbocycles. The third-order valence-corrected chi connectivity index (χ3v) is 4.90. The molecule has 0 aliphatic heterocycles. The smallest absolute Gasteiger partial charge is 0.224 e. The summed E-state index contributed by atoms with van der Waals surface area (Å²) in [5, 5.41) is 6.01. The third-order valence-electron chi connectivity index (χ3n) is 3.82. The number of ketones is 1. The van der Waals surface area contributed by atoms with Crippen molar-refractivity contribution in [2.75, 3.05) is 0 Å². The average Bonchev–Trinajstić information content (AvgIpc) is 3.14. The Morgan fingerprint density at radius 2 is 2.09 bits per heavy atom. The molecule has 0 bridgehead atoms. The average molecular weight is 326 g/mol. The lowest BCUT2D eigenvalue weighted by Gasteiger charge is -2.14. The van der Waals surface area contributed by atoms with Gasteiger partial charge in [-0.25, -0.2) is 0 Å². The number of carbonyl (C=O) groups is 2. The Kier molecular flexibility index (Phi) is 4.30. The highest BCUT2D eigenvalue weighted by Gasteiger charge is 2.12. The minimum Gasteiger partial charge on any atom is -0.361 e. The van der Waals surface area contributed by atoms with Gasteiger partial charge < -0.3 is 10.3 Å². The van der Waals surface area contributed by atoms with E-state index in [1.165, 1.54) is 18.3 Å². The van der Waals surface area contributed by atoms with Crippen LogP contribution in [0.15, 0.2) is 41.9 Å². The number of Topliss-reactive ketones (excluding diaryl/α,β-unsaturated/α-hetero) is 1. The van der Waals surface area contributed by atoms with Crippen LogP contribution in [0.25, 0.3) is 10.9 Å². The lowest BCUT2D eigenvalue weighted by Crippen LogP contribution is -2.27. The number of carbonyl (C=O) groups excluding carboxylic acids is 2. The fraction of sp³-hybridized carbons (Fsp3) is 0.222. The van der Waals surface area contributed by atoms with Gasteiger partial charge in [0.05, 0.1) is 17.3 Å². The van der Waals surface area contributed by atoms with E-state index in [0.717, 1.165) is 22.0 Å². The van der Waals surface area contributed by atoms with Gasteiger partial charge in [0, 0.05) is 11.7 Å². The molecule has 3 aromatic rings. The number of amides is 1. The topological polar surface area (TPSA) is 62.0 Å². The molecular formula is C18H18N2O2S. The van der Waals surface area contributed by atoms with Gasteiger partial charge >= 0.3 is 0 Å². The molecule has 1 aromatic carbocycles. The van der Waals surface area contributed by atoms with Gasteiger partial charge in [0.2, 0.25) is 5.91 Å². The Morgan fingerprint density at radius 1 is 1.26 bits per heavy atom. The second-order valence-electron chi connectivity index (χ2n) is 5.67. The van der Waals surface area contributed by atoms with Crippen LogP contribution in [-0.4, -0.2) is 16.7 Å². The molecule has 4 nitrogen and oxygen atoms in total. The summed E-state index contributed by atoms with van der Waals surface area (Å²) in [6, 6.07) is 9.86. The monoisotopic (exact) mass is 326 g/mol. The number of hydrogen-bond donors (Lipinski definition) is 2. The largest absolute Gasteiger partial charge is 0.361 e. The van der Waals surface area contributed by atoms with Gasteiger partial charge in [-0.05, 0) is 60.0 Å². The molecular weight excluding hydrogens is 308 g/mol. The van der Waals surface area contributed by atoms with Gasteiger partial charge in [-0.1, -0.05) is 6.07 Å². The van der Waals surface area contributed by atoms with E-state index in [4.69, 9.17) is 0 Å². The number of thiophene rings is 1. The van der Waals surface area contributed by atoms with Gasteiger partial charge in [-0.15, -0.1) is 11.3 Å². The van der Waals surface area contributed by atoms with Crippen molar-refractivity contribution >= 4 is 33.9 Å². The second kappa shape index (κ2) is 6.38. The Bertz CT molecular complexity index is 863. The van der Waals surface area contributed by atoms with Crippen molar-refractivity contribution in [3.8, 4) is 0 Å². The van der Waals surface area contributed by atoms with E-state index in [2.05, 4.69) is 16.4 Å². The van der Waals surface area contributed by atoms with Crippen LogP contribution in [-0.2, 0) is 11.2 Å². The summed E-state index contributed by atoms with van der Waals surface area (Å²) in [5.74, 6) is -0.00519. The predicted octanol–water partition coefficient (Wildman–Crippen LogP) is 3.85. The van der Waals surface area contributed by atoms with Gasteiger partial charge in [-0.2, -0.15) is 0 Å². The summed E-state index contributed by atoms with van der Waals surface area (Å²) in [6.45, 7) is 3.51. The summed E-state index contributed by atoms with van der Waals surface area (Å²) in [5.41, 5.74) is 3.04. The number of hydrogen-bond acceptors (Lipinski definition) is 3. The van der Waals surface area contributed by atoms with Crippen molar-refractivity contribution in [1.82, 2.24) is 10.3 Å². The van der Waals surface area contributed by atoms with Crippen LogP contribution in [0.4, 0.5) is 0 Å². The maximum Gasteiger partial charge on any atom is 0.224 e. The first kappa shape index (κ1) is 15.5. The molecule has 5 heteroatoms. The quantitative estimate of drug-likeness (QED) is 0.700. The molecule has 23 heavy (non-hydrogen) atoms. The van der Waals surface area contributed by atoms with Crippen LogP contribution in [0.3, 0.4) is 0 Å². The van der Waals surface area contributed by atoms with Crippen LogP contribution in [0.2, 0.25) is 0 Å². The van der Waals surface area contributed by atoms with E-state index in [0.29, 0.717) is 11.3 Å². The third kappa shape index (κ3) is 3.51. The van der Waals surface area contributed by atoms with Crippen LogP contribution < -0.4 is 5.32 Å². The van der Waals surface area contributed by atoms with Gasteiger partial charge in [0.15, 0.2) is 5.78 Å². The van der Waals surface area contributed by atoms with Crippen LogP contribution in [0.1, 0.15) is 40.7 Å². The van der Waals surface area contributed by atoms with Gasteiger partial charge in [0.1, 0.15) is 0 Å². The molecule has 3 rings (SSSR count). The van der Waals surface area contributed by atoms with Gasteiger partial charge in [0.25, 0.3) is 0 Å². The summed E-state index contributed by atoms with van der Waals surface area (Å²) in [6.07, 6.45) is 2.20. The van der Waals surface area contributed by atoms with Crippen molar-refractivity contribution in [3.05, 3.63) is 57.9 Å². The van der Waals surface area contributed by atoms with Crippen molar-refractivity contribution in [3.63, 3.8) is 0 Å². The van der Waals surface area contributed by atoms with E-state index in [9.17, 15) is 9.59 Å². The zero-order chi connectivity index (χ0) is 16.4. The number of benzene rings is 1. The highest BCUT2D eigenvalue weighted by molar-refractivity contribution is 7.12. The molecule has 0 radical (unpaired) electrons. The van der Waals surface area contributed by atoms with Crippen molar-refractivity contribution in [2.45, 2.75) is 26.3 Å². The van der Waals surface area contributed by atoms with Crippen molar-refractivity contribution in [2.24, 2.45) is 0 Å². The summed E-state index contributed by atoms with van der Waals surface area (Å²) >= 11 is 1.38. The van der Waals surface area contributed by atoms with Crippen LogP contribution in [0.5, 0.6) is 0 Å². The minimum atomic E-state index is -0.0623. The first-order valence-corrected chi connectivity index (χ1v) is 8.35. The number of fused-ring (bicyclic) bond motifs is 1. The standard InChI is InChI=1S/C18H18N2O2S/c1-11(14-3-4-16-15(9-14)5-6-19-16)20-18(22)8-13-7-17(12(2)21)23-10-13/h3-7,9-11,19H,8H2,1-2H3,(H,20,22)/t11-/m1/s1. The van der Waals surface area contributed by atoms with E-state index < -0.39 is 0 Å². The number of H-pyrrole nitrogens is 1. The summed E-state index contributed by atoms with van der Waals surface area (Å²) < 4.78 is 0. The molecule has 0 fully saturated rings. The molecule has 0 aliphatic rings. The zero-order valence-corrected chi connectivity index (χ0v) is 13.9. The Morgan fingerprint density at radius 3 is 2.83 bits per heavy atom.